The Morgan fingerprint density at radius 2 is 1.98 bits per heavy atom. The maximum atomic E-state index is 12.8. The first kappa shape index (κ1) is 37.9. The van der Waals surface area contributed by atoms with E-state index in [2.05, 4.69) is 81.7 Å². The smallest absolute Gasteiger partial charge is 0.355 e. The number of hydrogen-bond donors (Lipinski definition) is 4. The van der Waals surface area contributed by atoms with E-state index in [-0.39, 0.29) is 23.4 Å². The summed E-state index contributed by atoms with van der Waals surface area (Å²) in [5.41, 5.74) is 5.27. The quantitative estimate of drug-likeness (QED) is 0.0660. The van der Waals surface area contributed by atoms with Crippen LogP contribution in [-0.2, 0) is 22.6 Å². The lowest BCUT2D eigenvalue weighted by molar-refractivity contribution is 0.0384. The molecular weight excluding hydrogens is 665 g/mol. The number of aromatic nitrogens is 4. The molecule has 1 saturated heterocycles. The molecule has 5 rings (SSSR count). The van der Waals surface area contributed by atoms with E-state index in [0.717, 1.165) is 74.6 Å². The number of nitrogens with zero attached hydrogens (tertiary/aromatic N) is 4. The van der Waals surface area contributed by atoms with Crippen LogP contribution in [0.15, 0.2) is 40.7 Å². The number of carboxylic acid groups (broad SMARTS) is 1. The Morgan fingerprint density at radius 1 is 1.21 bits per heavy atom. The van der Waals surface area contributed by atoms with Crippen LogP contribution >= 0.6 is 24.4 Å². The summed E-state index contributed by atoms with van der Waals surface area (Å²) in [4.78, 5) is 37.6. The highest BCUT2D eigenvalue weighted by molar-refractivity contribution is 7.98. The van der Waals surface area contributed by atoms with Gasteiger partial charge < -0.3 is 24.9 Å². The van der Waals surface area contributed by atoms with E-state index in [1.165, 1.54) is 40.3 Å². The molecule has 3 aromatic rings. The van der Waals surface area contributed by atoms with Crippen molar-refractivity contribution in [2.75, 3.05) is 51.0 Å². The summed E-state index contributed by atoms with van der Waals surface area (Å²) >= 11 is 5.55. The van der Waals surface area contributed by atoms with Crippen molar-refractivity contribution in [1.29, 1.82) is 0 Å². The fourth-order valence-corrected chi connectivity index (χ4v) is 6.97. The highest BCUT2D eigenvalue weighted by atomic mass is 32.2. The molecule has 11 nitrogen and oxygen atoms in total. The third-order valence-corrected chi connectivity index (χ3v) is 10.9. The minimum atomic E-state index is -1.12. The number of H-pyrrole nitrogens is 1. The molecule has 3 N–H and O–H groups in total. The fraction of sp³-hybridized carbons (Fsp3) is 0.529. The van der Waals surface area contributed by atoms with E-state index in [1.54, 1.807) is 13.1 Å². The Balaban J connectivity index is 0.000000248. The van der Waals surface area contributed by atoms with E-state index >= 15 is 0 Å². The maximum absolute atomic E-state index is 12.8. The Hall–Kier alpha value is -2.88. The number of rotatable bonds is 13. The zero-order chi connectivity index (χ0) is 34.7. The molecule has 0 saturated carbocycles. The van der Waals surface area contributed by atoms with E-state index in [9.17, 15) is 9.59 Å². The topological polar surface area (TPSA) is 135 Å². The number of thiol groups is 1. The van der Waals surface area contributed by atoms with Gasteiger partial charge in [0.05, 0.1) is 19.4 Å². The Labute approximate surface area is 294 Å². The van der Waals surface area contributed by atoms with Gasteiger partial charge in [-0.15, -0.1) is 12.6 Å². The predicted octanol–water partition coefficient (Wildman–Crippen LogP) is 6.71. The number of benzene rings is 1. The van der Waals surface area contributed by atoms with E-state index in [0.29, 0.717) is 18.1 Å². The third-order valence-electron chi connectivity index (χ3n) is 8.34. The molecule has 1 fully saturated rings. The number of amides is 1. The summed E-state index contributed by atoms with van der Waals surface area (Å²) in [6.07, 6.45) is 11.5. The lowest BCUT2D eigenvalue weighted by Crippen LogP contribution is -2.37. The molecule has 48 heavy (non-hydrogen) atoms. The molecule has 0 bridgehead atoms. The van der Waals surface area contributed by atoms with Gasteiger partial charge in [0.25, 0.3) is 5.91 Å². The predicted molar refractivity (Wildman–Crippen MR) is 197 cm³/mol. The van der Waals surface area contributed by atoms with E-state index in [4.69, 9.17) is 14.6 Å². The Kier molecular flexibility index (Phi) is 14.4. The van der Waals surface area contributed by atoms with Crippen LogP contribution in [0.25, 0.3) is 5.57 Å². The number of imidazole rings is 2. The molecule has 262 valence electrons. The molecule has 14 heteroatoms. The molecule has 3 heterocycles. The van der Waals surface area contributed by atoms with Crippen molar-refractivity contribution in [3.05, 3.63) is 58.8 Å². The normalized spacial score (nSPS) is 15.4. The van der Waals surface area contributed by atoms with Crippen LogP contribution < -0.4 is 5.32 Å². The molecule has 2 aromatic heterocycles. The largest absolute Gasteiger partial charge is 0.476 e. The second-order valence-electron chi connectivity index (χ2n) is 13.2. The highest BCUT2D eigenvalue weighted by Crippen LogP contribution is 2.33. The fourth-order valence-electron chi connectivity index (χ4n) is 5.48. The van der Waals surface area contributed by atoms with Gasteiger partial charge in [0, 0.05) is 45.6 Å². The summed E-state index contributed by atoms with van der Waals surface area (Å²) in [6, 6.07) is 7.52. The molecule has 0 unspecified atom stereocenters. The number of carbonyl (C=O) groups is 2. The van der Waals surface area contributed by atoms with Gasteiger partial charge in [0.2, 0.25) is 0 Å². The number of aromatic amines is 1. The number of anilines is 1. The number of morpholine rings is 1. The molecular formula is C34H50N6O5S2Si. The van der Waals surface area contributed by atoms with Gasteiger partial charge in [-0.05, 0) is 74.6 Å². The molecule has 1 aliphatic carbocycles. The summed E-state index contributed by atoms with van der Waals surface area (Å²) < 4.78 is 12.5. The van der Waals surface area contributed by atoms with Crippen LogP contribution in [0.1, 0.15) is 63.6 Å². The summed E-state index contributed by atoms with van der Waals surface area (Å²) in [5, 5.41) is 13.2. The van der Waals surface area contributed by atoms with Gasteiger partial charge in [0.15, 0.2) is 10.9 Å². The average molecular weight is 715 g/mol. The molecule has 1 aliphatic heterocycles. The molecule has 0 atom stereocenters. The number of nitrogens with one attached hydrogen (secondary N) is 2. The number of aromatic carboxylic acids is 1. The van der Waals surface area contributed by atoms with Gasteiger partial charge in [-0.3, -0.25) is 14.3 Å². The van der Waals surface area contributed by atoms with Crippen molar-refractivity contribution < 1.29 is 24.2 Å². The second kappa shape index (κ2) is 18.2. The first-order valence-corrected chi connectivity index (χ1v) is 21.9. The van der Waals surface area contributed by atoms with E-state index < -0.39 is 14.0 Å². The second-order valence-corrected chi connectivity index (χ2v) is 20.1. The van der Waals surface area contributed by atoms with Crippen LogP contribution in [0.4, 0.5) is 5.69 Å². The van der Waals surface area contributed by atoms with E-state index in [1.807, 2.05) is 6.26 Å². The lowest BCUT2D eigenvalue weighted by Gasteiger charge is -2.26. The average Bonchev–Trinajstić information content (AvgIpc) is 3.67. The van der Waals surface area contributed by atoms with Crippen LogP contribution in [-0.4, -0.2) is 95.2 Å². The van der Waals surface area contributed by atoms with Crippen LogP contribution in [0.2, 0.25) is 25.7 Å². The number of aryl methyl sites for hydroxylation is 1. The minimum absolute atomic E-state index is 0.0869. The van der Waals surface area contributed by atoms with Crippen molar-refractivity contribution in [3.8, 4) is 0 Å². The van der Waals surface area contributed by atoms with Crippen LogP contribution in [0.5, 0.6) is 0 Å². The molecule has 1 aromatic carbocycles. The number of carboxylic acids is 1. The number of ether oxygens (including phenoxy) is 2. The summed E-state index contributed by atoms with van der Waals surface area (Å²) in [7, 11) is -1.12. The number of thioether (sulfide) groups is 1. The van der Waals surface area contributed by atoms with Gasteiger partial charge in [-0.25, -0.2) is 14.8 Å². The number of carbonyl (C=O) groups excluding carboxylic acids is 1. The van der Waals surface area contributed by atoms with Gasteiger partial charge >= 0.3 is 5.97 Å². The molecule has 0 radical (unpaired) electrons. The van der Waals surface area contributed by atoms with Crippen LogP contribution in [0.3, 0.4) is 0 Å². The molecule has 2 aliphatic rings. The van der Waals surface area contributed by atoms with Gasteiger partial charge in [0.1, 0.15) is 23.3 Å². The highest BCUT2D eigenvalue weighted by Gasteiger charge is 2.20. The van der Waals surface area contributed by atoms with Gasteiger partial charge in [-0.1, -0.05) is 43.5 Å². The van der Waals surface area contributed by atoms with Crippen molar-refractivity contribution in [3.63, 3.8) is 0 Å². The lowest BCUT2D eigenvalue weighted by atomic mass is 9.91. The molecule has 1 amide bonds. The standard InChI is InChI=1S/C23H30N4O2S.C11H20N2O3SSi/c1-30-23-24-16-21(26-23)22(28)25-20-8-7-17(9-10-27-11-13-29-14-12-27)15-19(20)18-5-3-2-4-6-18;1-8-12-10(17)9(11(14)15)13(8)7-16-5-6-18(2,3)4/h5,7-8,15-16H,2-4,6,9-14H2,1H3,(H,24,26)(H,25,28);17H,5-7H2,1-4H3,(H,14,15). The van der Waals surface area contributed by atoms with Crippen molar-refractivity contribution in [1.82, 2.24) is 24.4 Å². The Bertz CT molecular complexity index is 1560. The first-order chi connectivity index (χ1) is 22.9. The van der Waals surface area contributed by atoms with Crippen molar-refractivity contribution in [2.45, 2.75) is 81.6 Å². The maximum Gasteiger partial charge on any atom is 0.355 e. The van der Waals surface area contributed by atoms with Crippen molar-refractivity contribution in [2.24, 2.45) is 0 Å². The molecule has 0 spiro atoms. The zero-order valence-corrected chi connectivity index (χ0v) is 31.5. The SMILES string of the molecule is CSc1ncc(C(=O)Nc2ccc(CCN3CCOCC3)cc2C2=CCCCC2)[nH]1.Cc1nc(S)c(C(=O)O)n1COCC[Si](C)(C)C. The van der Waals surface area contributed by atoms with Crippen LogP contribution in [0, 0.1) is 6.92 Å². The minimum Gasteiger partial charge on any atom is -0.476 e. The first-order valence-electron chi connectivity index (χ1n) is 16.5. The number of allylic oxidation sites excluding steroid dienone is 2. The third kappa shape index (κ3) is 11.3. The summed E-state index contributed by atoms with van der Waals surface area (Å²) in [5.74, 6) is -0.582. The summed E-state index contributed by atoms with van der Waals surface area (Å²) in [6.45, 7) is 14.1. The zero-order valence-electron chi connectivity index (χ0n) is 28.8. The monoisotopic (exact) mass is 714 g/mol. The van der Waals surface area contributed by atoms with Gasteiger partial charge in [-0.2, -0.15) is 0 Å². The van der Waals surface area contributed by atoms with Crippen molar-refractivity contribution >= 4 is 55.6 Å². The number of hydrogen-bond acceptors (Lipinski definition) is 9. The Morgan fingerprint density at radius 3 is 2.62 bits per heavy atom.